The van der Waals surface area contributed by atoms with E-state index in [0.717, 1.165) is 11.3 Å². The minimum absolute atomic E-state index is 0.0629. The lowest BCUT2D eigenvalue weighted by atomic mass is 10.1. The van der Waals surface area contributed by atoms with Crippen molar-refractivity contribution in [1.29, 1.82) is 0 Å². The van der Waals surface area contributed by atoms with Crippen LogP contribution in [0.5, 0.6) is 5.75 Å². The fourth-order valence-electron chi connectivity index (χ4n) is 1.97. The van der Waals surface area contributed by atoms with E-state index in [4.69, 9.17) is 4.74 Å². The lowest BCUT2D eigenvalue weighted by Crippen LogP contribution is -2.26. The Morgan fingerprint density at radius 3 is 2.24 bits per heavy atom. The van der Waals surface area contributed by atoms with Crippen molar-refractivity contribution in [2.45, 2.75) is 32.9 Å². The number of ether oxygens (including phenoxy) is 1. The van der Waals surface area contributed by atoms with E-state index in [1.165, 1.54) is 0 Å². The normalized spacial score (nSPS) is 12.0. The topological polar surface area (TPSA) is 51.2 Å². The number of carbonyl (C=O) groups excluding carboxylic acids is 1. The number of pyridine rings is 1. The molecule has 110 valence electrons. The van der Waals surface area contributed by atoms with E-state index in [0.29, 0.717) is 5.56 Å². The molecule has 0 saturated carbocycles. The summed E-state index contributed by atoms with van der Waals surface area (Å²) in [4.78, 5) is 16.2. The first-order valence-corrected chi connectivity index (χ1v) is 7.04. The van der Waals surface area contributed by atoms with Crippen LogP contribution >= 0.6 is 0 Å². The molecule has 2 aromatic rings. The molecule has 0 aliphatic rings. The maximum Gasteiger partial charge on any atom is 0.251 e. The van der Waals surface area contributed by atoms with E-state index in [9.17, 15) is 4.79 Å². The Morgan fingerprint density at radius 2 is 1.67 bits per heavy atom. The highest BCUT2D eigenvalue weighted by Gasteiger charge is 2.11. The summed E-state index contributed by atoms with van der Waals surface area (Å²) in [6.07, 6.45) is 3.56. The van der Waals surface area contributed by atoms with Crippen molar-refractivity contribution < 1.29 is 9.53 Å². The van der Waals surface area contributed by atoms with Crippen LogP contribution in [0.3, 0.4) is 0 Å². The predicted molar refractivity (Wildman–Crippen MR) is 82.3 cm³/mol. The molecule has 1 heterocycles. The molecule has 4 heteroatoms. The third-order valence-electron chi connectivity index (χ3n) is 3.04. The lowest BCUT2D eigenvalue weighted by molar-refractivity contribution is 0.0940. The Labute approximate surface area is 125 Å². The van der Waals surface area contributed by atoms with Gasteiger partial charge in [0.05, 0.1) is 12.1 Å². The highest BCUT2D eigenvalue weighted by Crippen LogP contribution is 2.15. The van der Waals surface area contributed by atoms with Gasteiger partial charge in [-0.2, -0.15) is 0 Å². The van der Waals surface area contributed by atoms with Crippen LogP contribution in [0, 0.1) is 0 Å². The Bertz CT molecular complexity index is 579. The minimum Gasteiger partial charge on any atom is -0.491 e. The fraction of sp³-hybridized carbons (Fsp3) is 0.294. The number of benzene rings is 1. The summed E-state index contributed by atoms with van der Waals surface area (Å²) in [7, 11) is 0. The van der Waals surface area contributed by atoms with Crippen LogP contribution in [0.25, 0.3) is 0 Å². The summed E-state index contributed by atoms with van der Waals surface area (Å²) in [5, 5.41) is 2.97. The highest BCUT2D eigenvalue weighted by atomic mass is 16.5. The van der Waals surface area contributed by atoms with Gasteiger partial charge in [-0.1, -0.05) is 0 Å². The van der Waals surface area contributed by atoms with Crippen LogP contribution in [0.2, 0.25) is 0 Å². The lowest BCUT2D eigenvalue weighted by Gasteiger charge is -2.14. The van der Waals surface area contributed by atoms with Crippen molar-refractivity contribution in [2.75, 3.05) is 0 Å². The molecule has 1 aromatic carbocycles. The summed E-state index contributed by atoms with van der Waals surface area (Å²) in [5.41, 5.74) is 1.64. The first-order valence-electron chi connectivity index (χ1n) is 7.04. The predicted octanol–water partition coefficient (Wildman–Crippen LogP) is 3.36. The van der Waals surface area contributed by atoms with Gasteiger partial charge in [-0.15, -0.1) is 0 Å². The standard InChI is InChI=1S/C17H20N2O2/c1-12(2)21-16-6-4-15(5-7-16)17(20)19-13(3)14-8-10-18-11-9-14/h4-13H,1-3H3,(H,19,20). The number of nitrogens with zero attached hydrogens (tertiary/aromatic N) is 1. The number of carbonyl (C=O) groups is 1. The molecule has 4 nitrogen and oxygen atoms in total. The van der Waals surface area contributed by atoms with Crippen LogP contribution in [-0.4, -0.2) is 17.0 Å². The van der Waals surface area contributed by atoms with Gasteiger partial charge in [0.1, 0.15) is 5.75 Å². The van der Waals surface area contributed by atoms with Crippen LogP contribution in [0.15, 0.2) is 48.8 Å². The maximum atomic E-state index is 12.2. The number of amides is 1. The SMILES string of the molecule is CC(C)Oc1ccc(C(=O)NC(C)c2ccncc2)cc1. The molecular formula is C17H20N2O2. The van der Waals surface area contributed by atoms with Crippen molar-refractivity contribution in [2.24, 2.45) is 0 Å². The Kier molecular flexibility index (Phi) is 4.93. The minimum atomic E-state index is -0.101. The third-order valence-corrected chi connectivity index (χ3v) is 3.04. The van der Waals surface area contributed by atoms with Crippen molar-refractivity contribution >= 4 is 5.91 Å². The van der Waals surface area contributed by atoms with E-state index in [-0.39, 0.29) is 18.1 Å². The van der Waals surface area contributed by atoms with Crippen molar-refractivity contribution in [3.63, 3.8) is 0 Å². The molecule has 1 atom stereocenters. The first kappa shape index (κ1) is 15.0. The number of aromatic nitrogens is 1. The molecule has 21 heavy (non-hydrogen) atoms. The summed E-state index contributed by atoms with van der Waals surface area (Å²) in [6.45, 7) is 5.89. The Morgan fingerprint density at radius 1 is 1.05 bits per heavy atom. The number of hydrogen-bond acceptors (Lipinski definition) is 3. The van der Waals surface area contributed by atoms with Crippen molar-refractivity contribution in [3.05, 3.63) is 59.9 Å². The molecule has 0 saturated heterocycles. The van der Waals surface area contributed by atoms with Crippen LogP contribution in [0.4, 0.5) is 0 Å². The molecule has 1 amide bonds. The molecule has 0 radical (unpaired) electrons. The Balaban J connectivity index is 2.00. The van der Waals surface area contributed by atoms with Gasteiger partial charge < -0.3 is 10.1 Å². The van der Waals surface area contributed by atoms with E-state index in [2.05, 4.69) is 10.3 Å². The summed E-state index contributed by atoms with van der Waals surface area (Å²) in [6, 6.07) is 10.9. The van der Waals surface area contributed by atoms with Crippen molar-refractivity contribution in [1.82, 2.24) is 10.3 Å². The van der Waals surface area contributed by atoms with Gasteiger partial charge in [-0.3, -0.25) is 9.78 Å². The second kappa shape index (κ2) is 6.88. The van der Waals surface area contributed by atoms with Gasteiger partial charge in [0, 0.05) is 18.0 Å². The zero-order valence-electron chi connectivity index (χ0n) is 12.5. The number of nitrogens with one attached hydrogen (secondary N) is 1. The van der Waals surface area contributed by atoms with Gasteiger partial charge in [0.2, 0.25) is 0 Å². The van der Waals surface area contributed by atoms with Gasteiger partial charge in [-0.25, -0.2) is 0 Å². The van der Waals surface area contributed by atoms with Crippen LogP contribution in [0.1, 0.15) is 42.7 Å². The van der Waals surface area contributed by atoms with Gasteiger partial charge in [-0.05, 0) is 62.7 Å². The molecule has 0 fully saturated rings. The zero-order valence-corrected chi connectivity index (χ0v) is 12.5. The number of hydrogen-bond donors (Lipinski definition) is 1. The second-order valence-electron chi connectivity index (χ2n) is 5.17. The molecule has 0 aliphatic carbocycles. The van der Waals surface area contributed by atoms with E-state index >= 15 is 0 Å². The van der Waals surface area contributed by atoms with Crippen LogP contribution in [-0.2, 0) is 0 Å². The Hall–Kier alpha value is -2.36. The molecule has 0 aliphatic heterocycles. The average Bonchev–Trinajstić information content (AvgIpc) is 2.48. The zero-order chi connectivity index (χ0) is 15.2. The van der Waals surface area contributed by atoms with E-state index < -0.39 is 0 Å². The van der Waals surface area contributed by atoms with E-state index in [1.54, 1.807) is 24.5 Å². The molecule has 1 N–H and O–H groups in total. The third kappa shape index (κ3) is 4.31. The monoisotopic (exact) mass is 284 g/mol. The molecular weight excluding hydrogens is 264 g/mol. The van der Waals surface area contributed by atoms with Gasteiger partial charge in [0.25, 0.3) is 5.91 Å². The van der Waals surface area contributed by atoms with Crippen LogP contribution < -0.4 is 10.1 Å². The highest BCUT2D eigenvalue weighted by molar-refractivity contribution is 5.94. The summed E-state index contributed by atoms with van der Waals surface area (Å²) >= 11 is 0. The molecule has 0 spiro atoms. The first-order chi connectivity index (χ1) is 10.1. The quantitative estimate of drug-likeness (QED) is 0.916. The smallest absolute Gasteiger partial charge is 0.251 e. The van der Waals surface area contributed by atoms with Gasteiger partial charge >= 0.3 is 0 Å². The maximum absolute atomic E-state index is 12.2. The molecule has 2 rings (SSSR count). The molecule has 0 bridgehead atoms. The average molecular weight is 284 g/mol. The molecule has 1 unspecified atom stereocenters. The fourth-order valence-corrected chi connectivity index (χ4v) is 1.97. The number of rotatable bonds is 5. The summed E-state index contributed by atoms with van der Waals surface area (Å²) in [5.74, 6) is 0.666. The van der Waals surface area contributed by atoms with Gasteiger partial charge in [0.15, 0.2) is 0 Å². The van der Waals surface area contributed by atoms with E-state index in [1.807, 2.05) is 45.0 Å². The largest absolute Gasteiger partial charge is 0.491 e. The molecule has 1 aromatic heterocycles. The second-order valence-corrected chi connectivity index (χ2v) is 5.17. The summed E-state index contributed by atoms with van der Waals surface area (Å²) < 4.78 is 5.56. The van der Waals surface area contributed by atoms with Crippen molar-refractivity contribution in [3.8, 4) is 5.75 Å².